The quantitative estimate of drug-likeness (QED) is 0.292. The Hall–Kier alpha value is 0.833. The van der Waals surface area contributed by atoms with Crippen molar-refractivity contribution in [3.63, 3.8) is 0 Å². The van der Waals surface area contributed by atoms with E-state index in [2.05, 4.69) is 61.7 Å². The van der Waals surface area contributed by atoms with Crippen LogP contribution in [0.1, 0.15) is 90.5 Å². The van der Waals surface area contributed by atoms with Gasteiger partial charge in [0.25, 0.3) is 0 Å². The van der Waals surface area contributed by atoms with Crippen LogP contribution in [0.4, 0.5) is 5.69 Å². The molecule has 2 heterocycles. The van der Waals surface area contributed by atoms with Crippen LogP contribution in [0.15, 0.2) is 24.3 Å². The molecule has 1 aromatic carbocycles. The molecule has 0 bridgehead atoms. The van der Waals surface area contributed by atoms with Crippen molar-refractivity contribution in [1.29, 1.82) is 0 Å². The minimum atomic E-state index is -0.826. The van der Waals surface area contributed by atoms with Crippen LogP contribution in [0.25, 0.3) is 0 Å². The molecule has 5 fully saturated rings. The summed E-state index contributed by atoms with van der Waals surface area (Å²) in [7, 11) is 9.87. The Morgan fingerprint density at radius 3 is 2.38 bits per heavy atom. The summed E-state index contributed by atoms with van der Waals surface area (Å²) in [5, 5.41) is 2.00. The van der Waals surface area contributed by atoms with Gasteiger partial charge in [0.05, 0.1) is 0 Å². The van der Waals surface area contributed by atoms with E-state index in [-0.39, 0.29) is 14.9 Å². The monoisotopic (exact) mass is 681 g/mol. The van der Waals surface area contributed by atoms with Crippen LogP contribution >= 0.6 is 28.8 Å². The average molecular weight is 684 g/mol. The predicted molar refractivity (Wildman–Crippen MR) is 176 cm³/mol. The molecule has 0 amide bonds. The number of halogens is 2. The fourth-order valence-electron chi connectivity index (χ4n) is 10.9. The van der Waals surface area contributed by atoms with Crippen molar-refractivity contribution in [3.8, 4) is 0 Å². The number of thioether (sulfide) groups is 1. The third-order valence-corrected chi connectivity index (χ3v) is 14.6. The molecule has 0 aromatic heterocycles. The zero-order chi connectivity index (χ0) is 26.4. The van der Waals surface area contributed by atoms with Crippen molar-refractivity contribution in [2.45, 2.75) is 108 Å². The molecule has 1 saturated heterocycles. The van der Waals surface area contributed by atoms with E-state index in [0.29, 0.717) is 0 Å². The first-order valence-electron chi connectivity index (χ1n) is 16.0. The van der Waals surface area contributed by atoms with Crippen LogP contribution in [0.5, 0.6) is 0 Å². The van der Waals surface area contributed by atoms with E-state index in [1.54, 1.807) is 24.1 Å². The van der Waals surface area contributed by atoms with Crippen LogP contribution < -0.4 is 4.90 Å². The van der Waals surface area contributed by atoms with Gasteiger partial charge in [-0.25, -0.2) is 0 Å². The van der Waals surface area contributed by atoms with Crippen molar-refractivity contribution < 1.29 is 20.8 Å². The Morgan fingerprint density at radius 2 is 1.57 bits per heavy atom. The molecule has 4 aliphatic carbocycles. The summed E-state index contributed by atoms with van der Waals surface area (Å²) in [6, 6.07) is 10.2. The van der Waals surface area contributed by atoms with Crippen molar-refractivity contribution in [3.05, 3.63) is 44.7 Å². The molecule has 0 N–H and O–H groups in total. The number of benzene rings is 1. The van der Waals surface area contributed by atoms with Gasteiger partial charge in [0.2, 0.25) is 0 Å². The third kappa shape index (κ3) is 6.18. The molecule has 0 radical (unpaired) electrons. The van der Waals surface area contributed by atoms with E-state index in [1.165, 1.54) is 64.3 Å². The van der Waals surface area contributed by atoms with Crippen LogP contribution in [0.2, 0.25) is 0 Å². The summed E-state index contributed by atoms with van der Waals surface area (Å²) in [6.07, 6.45) is 16.3. The van der Waals surface area contributed by atoms with E-state index in [9.17, 15) is 0 Å². The van der Waals surface area contributed by atoms with E-state index < -0.39 is 20.8 Å². The van der Waals surface area contributed by atoms with Gasteiger partial charge in [-0.2, -0.15) is 11.8 Å². The van der Waals surface area contributed by atoms with Crippen molar-refractivity contribution >= 4 is 34.5 Å². The van der Waals surface area contributed by atoms with Gasteiger partial charge in [-0.3, -0.25) is 0 Å². The number of rotatable bonds is 3. The van der Waals surface area contributed by atoms with Gasteiger partial charge in [-0.05, 0) is 116 Å². The second-order valence-electron chi connectivity index (χ2n) is 14.0. The van der Waals surface area contributed by atoms with Crippen LogP contribution in [0, 0.1) is 68.1 Å². The summed E-state index contributed by atoms with van der Waals surface area (Å²) < 4.78 is 0. The van der Waals surface area contributed by atoms with Gasteiger partial charge in [0.15, 0.2) is 0 Å². The summed E-state index contributed by atoms with van der Waals surface area (Å²) in [6.45, 7) is 9.26. The second kappa shape index (κ2) is 14.7. The maximum absolute atomic E-state index is 4.93. The topological polar surface area (TPSA) is 3.24 Å². The number of para-hydroxylation sites is 1. The SMILES string of the molecule is CC1CC2C(CCCC2N2CCCc3ccccc32)C1CC1C(C)C(C)C2SC3CCCCC3C12.[CH3-].[CH3-].[Cl][Zr+2][Cl]. The van der Waals surface area contributed by atoms with Gasteiger partial charge in [0, 0.05) is 28.8 Å². The Kier molecular flexibility index (Phi) is 12.4. The first-order valence-corrected chi connectivity index (χ1v) is 23.3. The molecular formula is C35H55Cl2NSZr. The van der Waals surface area contributed by atoms with Crippen molar-refractivity contribution in [2.24, 2.45) is 53.3 Å². The minimum absolute atomic E-state index is 0. The number of hydrogen-bond donors (Lipinski definition) is 0. The number of hydrogen-bond acceptors (Lipinski definition) is 2. The molecule has 0 spiro atoms. The Morgan fingerprint density at radius 1 is 0.850 bits per heavy atom. The standard InChI is InChI=1S/C33H49NS.2CH3.2ClH.Zr/c1-20-18-28-24(13-8-15-30(28)34-17-9-11-23-10-4-6-14-29(23)34)26(20)19-27-21(2)22(3)33-32(27)25-12-5-7-16-31(25)35-33;;;;;/h4,6,10,14,20-22,24-28,30-33H,5,7-9,11-13,15-19H2,1-3H3;2*1H3;2*1H;/q;2*-1;;;+4/p-2. The van der Waals surface area contributed by atoms with Crippen molar-refractivity contribution in [1.82, 2.24) is 0 Å². The molecule has 1 nitrogen and oxygen atoms in total. The van der Waals surface area contributed by atoms with Crippen molar-refractivity contribution in [2.75, 3.05) is 11.4 Å². The number of anilines is 1. The molecule has 4 saturated carbocycles. The molecule has 7 rings (SSSR count). The first-order chi connectivity index (χ1) is 18.5. The molecule has 6 aliphatic rings. The van der Waals surface area contributed by atoms with Gasteiger partial charge < -0.3 is 19.8 Å². The Balaban J connectivity index is 0.000000710. The normalized spacial score (nSPS) is 43.0. The van der Waals surface area contributed by atoms with Gasteiger partial charge in [-0.1, -0.05) is 58.2 Å². The van der Waals surface area contributed by atoms with Crippen LogP contribution in [0.3, 0.4) is 0 Å². The fourth-order valence-corrected chi connectivity index (χ4v) is 13.2. The summed E-state index contributed by atoms with van der Waals surface area (Å²) in [4.78, 5) is 2.90. The molecular weight excluding hydrogens is 629 g/mol. The summed E-state index contributed by atoms with van der Waals surface area (Å²) >= 11 is 1.64. The Bertz CT molecular complexity index is 944. The average Bonchev–Trinajstić information content (AvgIpc) is 3.55. The number of fused-ring (bicyclic) bond motifs is 5. The third-order valence-electron chi connectivity index (χ3n) is 12.6. The van der Waals surface area contributed by atoms with Gasteiger partial charge in [0.1, 0.15) is 0 Å². The molecule has 2 aliphatic heterocycles. The molecule has 1 aromatic rings. The van der Waals surface area contributed by atoms with E-state index in [1.807, 2.05) is 0 Å². The van der Waals surface area contributed by atoms with E-state index >= 15 is 0 Å². The van der Waals surface area contributed by atoms with Crippen LogP contribution in [-0.4, -0.2) is 23.1 Å². The molecule has 224 valence electrons. The molecule has 5 heteroatoms. The van der Waals surface area contributed by atoms with E-state index in [4.69, 9.17) is 17.0 Å². The van der Waals surface area contributed by atoms with E-state index in [0.717, 1.165) is 69.8 Å². The van der Waals surface area contributed by atoms with Gasteiger partial charge in [-0.15, -0.1) is 0 Å². The molecule has 12 atom stereocenters. The zero-order valence-electron chi connectivity index (χ0n) is 25.8. The molecule has 12 unspecified atom stereocenters. The molecule has 40 heavy (non-hydrogen) atoms. The number of aryl methyl sites for hydroxylation is 1. The zero-order valence-corrected chi connectivity index (χ0v) is 30.6. The Labute approximate surface area is 270 Å². The maximum atomic E-state index is 4.93. The summed E-state index contributed by atoms with van der Waals surface area (Å²) in [5.74, 6) is 8.88. The summed E-state index contributed by atoms with van der Waals surface area (Å²) in [5.41, 5.74) is 3.21. The van der Waals surface area contributed by atoms with Crippen LogP contribution in [-0.2, 0) is 27.3 Å². The predicted octanol–water partition coefficient (Wildman–Crippen LogP) is 10.7. The fraction of sp³-hybridized carbons (Fsp3) is 0.771. The van der Waals surface area contributed by atoms with Gasteiger partial charge >= 0.3 is 37.9 Å². The number of nitrogens with zero attached hydrogens (tertiary/aromatic N) is 1. The first kappa shape index (κ1) is 33.7. The second-order valence-corrected chi connectivity index (χ2v) is 19.1.